The largest absolute Gasteiger partial charge is 0.374 e. The monoisotopic (exact) mass is 379 g/mol. The third kappa shape index (κ3) is 3.36. The quantitative estimate of drug-likeness (QED) is 0.557. The zero-order chi connectivity index (χ0) is 19.8. The molecule has 1 aliphatic heterocycles. The fraction of sp³-hybridized carbons (Fsp3) is 0.250. The Labute approximate surface area is 160 Å². The van der Waals surface area contributed by atoms with Gasteiger partial charge in [0.05, 0.1) is 11.0 Å². The van der Waals surface area contributed by atoms with Crippen molar-refractivity contribution in [2.45, 2.75) is 26.3 Å². The molecule has 1 aliphatic rings. The molecule has 8 heteroatoms. The molecule has 0 saturated heterocycles. The van der Waals surface area contributed by atoms with Crippen molar-refractivity contribution in [3.8, 4) is 0 Å². The smallest absolute Gasteiger partial charge is 0.323 e. The fourth-order valence-corrected chi connectivity index (χ4v) is 3.49. The van der Waals surface area contributed by atoms with Gasteiger partial charge in [-0.1, -0.05) is 0 Å². The zero-order valence-corrected chi connectivity index (χ0v) is 15.6. The summed E-state index contributed by atoms with van der Waals surface area (Å²) in [5.74, 6) is -0.156. The van der Waals surface area contributed by atoms with Gasteiger partial charge in [0.2, 0.25) is 11.8 Å². The first-order valence-corrected chi connectivity index (χ1v) is 9.11. The van der Waals surface area contributed by atoms with Gasteiger partial charge in [-0.05, 0) is 55.3 Å². The van der Waals surface area contributed by atoms with Crippen molar-refractivity contribution < 1.29 is 9.59 Å². The molecule has 0 fully saturated rings. The minimum atomic E-state index is -0.468. The Morgan fingerprint density at radius 2 is 1.82 bits per heavy atom. The molecule has 144 valence electrons. The number of hydrogen-bond donors (Lipinski definition) is 4. The molecule has 4 N–H and O–H groups in total. The van der Waals surface area contributed by atoms with E-state index in [0.29, 0.717) is 23.3 Å². The lowest BCUT2D eigenvalue weighted by atomic mass is 10.1. The molecule has 28 heavy (non-hydrogen) atoms. The predicted molar refractivity (Wildman–Crippen MR) is 109 cm³/mol. The number of amides is 2. The number of nitrogens with one attached hydrogen (secondary N) is 4. The van der Waals surface area contributed by atoms with Crippen LogP contribution in [0, 0.1) is 0 Å². The van der Waals surface area contributed by atoms with E-state index in [1.54, 1.807) is 36.9 Å². The van der Waals surface area contributed by atoms with Crippen LogP contribution in [-0.2, 0) is 16.0 Å². The van der Waals surface area contributed by atoms with Crippen molar-refractivity contribution in [2.75, 3.05) is 22.1 Å². The van der Waals surface area contributed by atoms with E-state index in [4.69, 9.17) is 0 Å². The molecule has 1 aromatic heterocycles. The number of aromatic nitrogens is 2. The molecule has 8 nitrogen and oxygen atoms in total. The van der Waals surface area contributed by atoms with Crippen molar-refractivity contribution in [3.05, 3.63) is 52.4 Å². The van der Waals surface area contributed by atoms with Gasteiger partial charge >= 0.3 is 5.69 Å². The zero-order valence-electron chi connectivity index (χ0n) is 15.6. The van der Waals surface area contributed by atoms with Gasteiger partial charge in [0.25, 0.3) is 0 Å². The summed E-state index contributed by atoms with van der Waals surface area (Å²) < 4.78 is 0. The highest BCUT2D eigenvalue weighted by atomic mass is 16.2. The number of imidazole rings is 1. The summed E-state index contributed by atoms with van der Waals surface area (Å²) in [5.41, 5.74) is 4.50. The molecule has 4 rings (SSSR count). The van der Waals surface area contributed by atoms with E-state index < -0.39 is 6.04 Å². The molecule has 3 aromatic rings. The first-order valence-electron chi connectivity index (χ1n) is 9.11. The lowest BCUT2D eigenvalue weighted by Gasteiger charge is -2.18. The van der Waals surface area contributed by atoms with Crippen LogP contribution in [0.5, 0.6) is 0 Å². The molecule has 0 aliphatic carbocycles. The van der Waals surface area contributed by atoms with Gasteiger partial charge in [-0.25, -0.2) is 4.79 Å². The van der Waals surface area contributed by atoms with E-state index >= 15 is 0 Å². The Morgan fingerprint density at radius 1 is 1.07 bits per heavy atom. The van der Waals surface area contributed by atoms with Gasteiger partial charge in [0, 0.05) is 30.5 Å². The average molecular weight is 379 g/mol. The Bertz CT molecular complexity index is 1130. The summed E-state index contributed by atoms with van der Waals surface area (Å²) in [5, 5.41) is 6.04. The fourth-order valence-electron chi connectivity index (χ4n) is 3.49. The Kier molecular flexibility index (Phi) is 4.38. The molecular formula is C20H21N5O3. The average Bonchev–Trinajstić information content (AvgIpc) is 3.23. The Morgan fingerprint density at radius 3 is 2.61 bits per heavy atom. The standard InChI is InChI=1S/C20H21N5O3/c1-11(19(27)22-15-3-5-16-17(10-15)24-20(28)23-16)21-14-4-6-18-13(9-14)7-8-25(18)12(2)26/h3-6,9-11,21H,7-8H2,1-2H3,(H,22,27)(H2,23,24,28). The summed E-state index contributed by atoms with van der Waals surface area (Å²) in [6, 6.07) is 10.5. The number of carbonyl (C=O) groups excluding carboxylic acids is 2. The van der Waals surface area contributed by atoms with Gasteiger partial charge in [-0.3, -0.25) is 9.59 Å². The first-order chi connectivity index (χ1) is 13.4. The third-order valence-corrected chi connectivity index (χ3v) is 4.92. The Balaban J connectivity index is 1.44. The maximum atomic E-state index is 12.5. The number of anilines is 3. The maximum absolute atomic E-state index is 12.5. The topological polar surface area (TPSA) is 110 Å². The van der Waals surface area contributed by atoms with Gasteiger partial charge < -0.3 is 25.5 Å². The van der Waals surface area contributed by atoms with Crippen LogP contribution >= 0.6 is 0 Å². The predicted octanol–water partition coefficient (Wildman–Crippen LogP) is 2.20. The summed E-state index contributed by atoms with van der Waals surface area (Å²) >= 11 is 0. The summed E-state index contributed by atoms with van der Waals surface area (Å²) in [4.78, 5) is 42.6. The van der Waals surface area contributed by atoms with Crippen molar-refractivity contribution >= 4 is 39.9 Å². The van der Waals surface area contributed by atoms with E-state index in [2.05, 4.69) is 20.6 Å². The summed E-state index contributed by atoms with van der Waals surface area (Å²) in [6.45, 7) is 4.03. The summed E-state index contributed by atoms with van der Waals surface area (Å²) in [7, 11) is 0. The molecule has 2 aromatic carbocycles. The highest BCUT2D eigenvalue weighted by Gasteiger charge is 2.22. The molecule has 0 spiro atoms. The Hall–Kier alpha value is -3.55. The number of benzene rings is 2. The SMILES string of the molecule is CC(=O)N1CCc2cc(NC(C)C(=O)Nc3ccc4[nH]c(=O)[nH]c4c3)ccc21. The van der Waals surface area contributed by atoms with Gasteiger partial charge in [0.15, 0.2) is 0 Å². The van der Waals surface area contributed by atoms with E-state index in [1.165, 1.54) is 0 Å². The second-order valence-electron chi connectivity index (χ2n) is 6.96. The van der Waals surface area contributed by atoms with Crippen LogP contribution in [0.25, 0.3) is 11.0 Å². The maximum Gasteiger partial charge on any atom is 0.323 e. The van der Waals surface area contributed by atoms with Crippen molar-refractivity contribution in [3.63, 3.8) is 0 Å². The molecule has 2 amide bonds. The molecule has 0 radical (unpaired) electrons. The molecule has 2 heterocycles. The number of rotatable bonds is 4. The number of H-pyrrole nitrogens is 2. The number of fused-ring (bicyclic) bond motifs is 2. The van der Waals surface area contributed by atoms with Crippen molar-refractivity contribution in [1.29, 1.82) is 0 Å². The number of carbonyl (C=O) groups is 2. The normalized spacial score (nSPS) is 14.0. The highest BCUT2D eigenvalue weighted by Crippen LogP contribution is 2.30. The van der Waals surface area contributed by atoms with Crippen LogP contribution in [0.15, 0.2) is 41.2 Å². The lowest BCUT2D eigenvalue weighted by Crippen LogP contribution is -2.31. The molecule has 0 bridgehead atoms. The molecular weight excluding hydrogens is 358 g/mol. The van der Waals surface area contributed by atoms with E-state index in [0.717, 1.165) is 23.4 Å². The molecule has 0 saturated carbocycles. The minimum absolute atomic E-state index is 0.0351. The number of nitrogens with zero attached hydrogens (tertiary/aromatic N) is 1. The summed E-state index contributed by atoms with van der Waals surface area (Å²) in [6.07, 6.45) is 0.805. The third-order valence-electron chi connectivity index (χ3n) is 4.92. The van der Waals surface area contributed by atoms with Crippen LogP contribution < -0.4 is 21.2 Å². The van der Waals surface area contributed by atoms with Crippen LogP contribution in [-0.4, -0.2) is 34.4 Å². The lowest BCUT2D eigenvalue weighted by molar-refractivity contribution is -0.117. The van der Waals surface area contributed by atoms with Gasteiger partial charge in [-0.15, -0.1) is 0 Å². The van der Waals surface area contributed by atoms with E-state index in [9.17, 15) is 14.4 Å². The van der Waals surface area contributed by atoms with Crippen LogP contribution in [0.4, 0.5) is 17.1 Å². The van der Waals surface area contributed by atoms with Crippen molar-refractivity contribution in [1.82, 2.24) is 9.97 Å². The van der Waals surface area contributed by atoms with E-state index in [-0.39, 0.29) is 17.5 Å². The second kappa shape index (κ2) is 6.88. The number of hydrogen-bond acceptors (Lipinski definition) is 4. The van der Waals surface area contributed by atoms with Crippen LogP contribution in [0.3, 0.4) is 0 Å². The molecule has 1 atom stereocenters. The van der Waals surface area contributed by atoms with E-state index in [1.807, 2.05) is 18.2 Å². The minimum Gasteiger partial charge on any atom is -0.374 e. The molecule has 1 unspecified atom stereocenters. The highest BCUT2D eigenvalue weighted by molar-refractivity contribution is 5.98. The van der Waals surface area contributed by atoms with Crippen LogP contribution in [0.1, 0.15) is 19.4 Å². The first kappa shape index (κ1) is 17.8. The van der Waals surface area contributed by atoms with Gasteiger partial charge in [0.1, 0.15) is 6.04 Å². The second-order valence-corrected chi connectivity index (χ2v) is 6.96. The van der Waals surface area contributed by atoms with Crippen LogP contribution in [0.2, 0.25) is 0 Å². The van der Waals surface area contributed by atoms with Gasteiger partial charge in [-0.2, -0.15) is 0 Å². The van der Waals surface area contributed by atoms with Crippen molar-refractivity contribution in [2.24, 2.45) is 0 Å². The number of aromatic amines is 2.